The quantitative estimate of drug-likeness (QED) is 0.648. The Labute approximate surface area is 107 Å². The van der Waals surface area contributed by atoms with Crippen molar-refractivity contribution in [1.29, 1.82) is 0 Å². The predicted molar refractivity (Wildman–Crippen MR) is 72.8 cm³/mol. The molecular weight excluding hydrogens is 230 g/mol. The third-order valence-electron chi connectivity index (χ3n) is 2.68. The smallest absolute Gasteiger partial charge is 0.337 e. The van der Waals surface area contributed by atoms with Crippen molar-refractivity contribution >= 4 is 17.5 Å². The number of hydrogen-bond donors (Lipinski definition) is 3. The maximum absolute atomic E-state index is 10.9. The van der Waals surface area contributed by atoms with Crippen LogP contribution in [0, 0.1) is 5.92 Å². The van der Waals surface area contributed by atoms with Gasteiger partial charge < -0.3 is 16.2 Å². The minimum absolute atomic E-state index is 0.0923. The third-order valence-corrected chi connectivity index (χ3v) is 2.68. The summed E-state index contributed by atoms with van der Waals surface area (Å²) in [5.41, 5.74) is 5.81. The average Bonchev–Trinajstić information content (AvgIpc) is 2.30. The summed E-state index contributed by atoms with van der Waals surface area (Å²) in [4.78, 5) is 14.9. The van der Waals surface area contributed by atoms with Crippen molar-refractivity contribution in [2.75, 3.05) is 17.6 Å². The van der Waals surface area contributed by atoms with Crippen LogP contribution in [0.3, 0.4) is 0 Å². The van der Waals surface area contributed by atoms with Crippen molar-refractivity contribution < 1.29 is 9.90 Å². The van der Waals surface area contributed by atoms with Crippen molar-refractivity contribution in [3.05, 3.63) is 17.8 Å². The topological polar surface area (TPSA) is 88.2 Å². The zero-order chi connectivity index (χ0) is 13.5. The first kappa shape index (κ1) is 14.3. The van der Waals surface area contributed by atoms with E-state index in [4.69, 9.17) is 10.8 Å². The van der Waals surface area contributed by atoms with Crippen molar-refractivity contribution in [1.82, 2.24) is 4.98 Å². The van der Waals surface area contributed by atoms with E-state index in [1.54, 1.807) is 0 Å². The van der Waals surface area contributed by atoms with Crippen molar-refractivity contribution in [2.24, 2.45) is 5.92 Å². The zero-order valence-electron chi connectivity index (χ0n) is 10.9. The standard InChI is InChI=1S/C13H21N3O2/c1-9(2)5-3-4-6-15-12-7-10(13(17)18)11(14)8-16-12/h7-9H,3-6,14H2,1-2H3,(H,15,16)(H,17,18). The second kappa shape index (κ2) is 6.83. The van der Waals surface area contributed by atoms with Gasteiger partial charge in [-0.1, -0.05) is 26.7 Å². The Kier molecular flexibility index (Phi) is 5.42. The van der Waals surface area contributed by atoms with Gasteiger partial charge in [0.2, 0.25) is 0 Å². The number of nitrogen functional groups attached to an aromatic ring is 1. The first-order valence-corrected chi connectivity index (χ1v) is 6.23. The summed E-state index contributed by atoms with van der Waals surface area (Å²) >= 11 is 0. The van der Waals surface area contributed by atoms with E-state index < -0.39 is 5.97 Å². The number of nitrogens with one attached hydrogen (secondary N) is 1. The van der Waals surface area contributed by atoms with Gasteiger partial charge >= 0.3 is 5.97 Å². The molecule has 1 aromatic heterocycles. The Hall–Kier alpha value is -1.78. The molecule has 0 atom stereocenters. The molecule has 0 spiro atoms. The maximum atomic E-state index is 10.9. The largest absolute Gasteiger partial charge is 0.478 e. The van der Waals surface area contributed by atoms with E-state index in [0.717, 1.165) is 25.3 Å². The van der Waals surface area contributed by atoms with E-state index in [-0.39, 0.29) is 11.3 Å². The summed E-state index contributed by atoms with van der Waals surface area (Å²) in [7, 11) is 0. The number of unbranched alkanes of at least 4 members (excludes halogenated alkanes) is 1. The molecule has 0 saturated heterocycles. The highest BCUT2D eigenvalue weighted by Gasteiger charge is 2.09. The van der Waals surface area contributed by atoms with Crippen LogP contribution in [0.25, 0.3) is 0 Å². The van der Waals surface area contributed by atoms with Gasteiger partial charge in [-0.3, -0.25) is 0 Å². The molecule has 4 N–H and O–H groups in total. The molecule has 0 aromatic carbocycles. The lowest BCUT2D eigenvalue weighted by atomic mass is 10.1. The molecule has 0 aliphatic carbocycles. The van der Waals surface area contributed by atoms with Crippen molar-refractivity contribution in [2.45, 2.75) is 33.1 Å². The molecular formula is C13H21N3O2. The van der Waals surface area contributed by atoms with Gasteiger partial charge in [-0.15, -0.1) is 0 Å². The van der Waals surface area contributed by atoms with E-state index in [0.29, 0.717) is 5.82 Å². The lowest BCUT2D eigenvalue weighted by Crippen LogP contribution is -2.08. The molecule has 0 aliphatic rings. The van der Waals surface area contributed by atoms with Gasteiger partial charge in [0.25, 0.3) is 0 Å². The molecule has 100 valence electrons. The van der Waals surface area contributed by atoms with Gasteiger partial charge in [-0.2, -0.15) is 0 Å². The monoisotopic (exact) mass is 251 g/mol. The van der Waals surface area contributed by atoms with E-state index in [1.165, 1.54) is 18.7 Å². The molecule has 1 heterocycles. The number of carbonyl (C=O) groups is 1. The van der Waals surface area contributed by atoms with E-state index in [9.17, 15) is 4.79 Å². The summed E-state index contributed by atoms with van der Waals surface area (Å²) in [6, 6.07) is 1.47. The predicted octanol–water partition coefficient (Wildman–Crippen LogP) is 2.60. The minimum Gasteiger partial charge on any atom is -0.478 e. The van der Waals surface area contributed by atoms with E-state index >= 15 is 0 Å². The molecule has 0 bridgehead atoms. The maximum Gasteiger partial charge on any atom is 0.337 e. The SMILES string of the molecule is CC(C)CCCCNc1cc(C(=O)O)c(N)cn1. The lowest BCUT2D eigenvalue weighted by Gasteiger charge is -2.08. The fourth-order valence-corrected chi connectivity index (χ4v) is 1.64. The van der Waals surface area contributed by atoms with Crippen LogP contribution < -0.4 is 11.1 Å². The molecule has 1 aromatic rings. The van der Waals surface area contributed by atoms with Crippen LogP contribution in [0.4, 0.5) is 11.5 Å². The van der Waals surface area contributed by atoms with Crippen LogP contribution in [-0.4, -0.2) is 22.6 Å². The van der Waals surface area contributed by atoms with E-state index in [1.807, 2.05) is 0 Å². The Balaban J connectivity index is 2.43. The second-order valence-electron chi connectivity index (χ2n) is 4.78. The van der Waals surface area contributed by atoms with Gasteiger partial charge in [0, 0.05) is 6.54 Å². The molecule has 0 radical (unpaired) electrons. The number of pyridine rings is 1. The summed E-state index contributed by atoms with van der Waals surface area (Å²) in [6.45, 7) is 5.20. The molecule has 0 aliphatic heterocycles. The Bertz CT molecular complexity index is 405. The molecule has 5 heteroatoms. The molecule has 0 fully saturated rings. The first-order valence-electron chi connectivity index (χ1n) is 6.23. The number of nitrogens with two attached hydrogens (primary N) is 1. The van der Waals surface area contributed by atoms with Gasteiger partial charge in [-0.05, 0) is 18.4 Å². The molecule has 18 heavy (non-hydrogen) atoms. The lowest BCUT2D eigenvalue weighted by molar-refractivity contribution is 0.0698. The number of aromatic nitrogens is 1. The summed E-state index contributed by atoms with van der Waals surface area (Å²) in [5, 5.41) is 12.0. The number of rotatable bonds is 7. The number of carboxylic acids is 1. The zero-order valence-corrected chi connectivity index (χ0v) is 10.9. The Morgan fingerprint density at radius 2 is 2.22 bits per heavy atom. The highest BCUT2D eigenvalue weighted by molar-refractivity contribution is 5.94. The van der Waals surface area contributed by atoms with Crippen LogP contribution in [0.15, 0.2) is 12.3 Å². The van der Waals surface area contributed by atoms with Gasteiger partial charge in [0.1, 0.15) is 5.82 Å². The Morgan fingerprint density at radius 3 is 2.83 bits per heavy atom. The van der Waals surface area contributed by atoms with Gasteiger partial charge in [-0.25, -0.2) is 9.78 Å². The van der Waals surface area contributed by atoms with E-state index in [2.05, 4.69) is 24.1 Å². The van der Waals surface area contributed by atoms with Crippen LogP contribution in [-0.2, 0) is 0 Å². The number of hydrogen-bond acceptors (Lipinski definition) is 4. The fraction of sp³-hybridized carbons (Fsp3) is 0.538. The molecule has 1 rings (SSSR count). The first-order chi connectivity index (χ1) is 8.50. The average molecular weight is 251 g/mol. The fourth-order valence-electron chi connectivity index (χ4n) is 1.64. The summed E-state index contributed by atoms with van der Waals surface area (Å²) in [6.07, 6.45) is 4.79. The minimum atomic E-state index is -1.03. The molecule has 5 nitrogen and oxygen atoms in total. The second-order valence-corrected chi connectivity index (χ2v) is 4.78. The van der Waals surface area contributed by atoms with Gasteiger partial charge in [0.05, 0.1) is 17.4 Å². The normalized spacial score (nSPS) is 10.6. The van der Waals surface area contributed by atoms with Crippen molar-refractivity contribution in [3.63, 3.8) is 0 Å². The number of carboxylic acid groups (broad SMARTS) is 1. The molecule has 0 saturated carbocycles. The highest BCUT2D eigenvalue weighted by atomic mass is 16.4. The van der Waals surface area contributed by atoms with Crippen LogP contribution in [0.5, 0.6) is 0 Å². The third kappa shape index (κ3) is 4.61. The Morgan fingerprint density at radius 1 is 1.50 bits per heavy atom. The summed E-state index contributed by atoms with van der Waals surface area (Å²) < 4.78 is 0. The van der Waals surface area contributed by atoms with Crippen molar-refractivity contribution in [3.8, 4) is 0 Å². The van der Waals surface area contributed by atoms with Crippen LogP contribution in [0.1, 0.15) is 43.5 Å². The highest BCUT2D eigenvalue weighted by Crippen LogP contribution is 2.15. The van der Waals surface area contributed by atoms with Gasteiger partial charge in [0.15, 0.2) is 0 Å². The summed E-state index contributed by atoms with van der Waals surface area (Å²) in [5.74, 6) is 0.252. The molecule has 0 unspecified atom stereocenters. The van der Waals surface area contributed by atoms with Crippen LogP contribution >= 0.6 is 0 Å². The number of aromatic carboxylic acids is 1. The van der Waals surface area contributed by atoms with Crippen LogP contribution in [0.2, 0.25) is 0 Å². The number of nitrogens with zero attached hydrogens (tertiary/aromatic N) is 1. The molecule has 0 amide bonds. The number of anilines is 2.